The van der Waals surface area contributed by atoms with Crippen LogP contribution in [-0.4, -0.2) is 31.7 Å². The molecule has 1 fully saturated rings. The summed E-state index contributed by atoms with van der Waals surface area (Å²) < 4.78 is 17.1. The zero-order chi connectivity index (χ0) is 17.4. The minimum atomic E-state index is -0.289. The van der Waals surface area contributed by atoms with Crippen molar-refractivity contribution in [1.29, 1.82) is 0 Å². The lowest BCUT2D eigenvalue weighted by Crippen LogP contribution is -2.33. The summed E-state index contributed by atoms with van der Waals surface area (Å²) in [6.07, 6.45) is 3.89. The van der Waals surface area contributed by atoms with Crippen LogP contribution in [0, 0.1) is 5.82 Å². The fraction of sp³-hybridized carbons (Fsp3) is 0.333. The van der Waals surface area contributed by atoms with Gasteiger partial charge in [-0.1, -0.05) is 23.7 Å². The molecule has 3 aromatic rings. The van der Waals surface area contributed by atoms with E-state index in [4.69, 9.17) is 11.6 Å². The molecule has 0 bridgehead atoms. The van der Waals surface area contributed by atoms with Crippen molar-refractivity contribution >= 4 is 17.2 Å². The van der Waals surface area contributed by atoms with E-state index >= 15 is 0 Å². The molecule has 0 amide bonds. The lowest BCUT2D eigenvalue weighted by molar-refractivity contribution is 0.236. The molecule has 2 heterocycles. The summed E-state index contributed by atoms with van der Waals surface area (Å²) in [5, 5.41) is 4.79. The highest BCUT2D eigenvalue weighted by molar-refractivity contribution is 6.31. The zero-order valence-corrected chi connectivity index (χ0v) is 14.4. The van der Waals surface area contributed by atoms with Gasteiger partial charge in [-0.15, -0.1) is 5.10 Å². The van der Waals surface area contributed by atoms with Crippen molar-refractivity contribution in [3.63, 3.8) is 0 Å². The second-order valence-corrected chi connectivity index (χ2v) is 6.74. The summed E-state index contributed by atoms with van der Waals surface area (Å²) in [5.74, 6) is -0.289. The molecule has 5 nitrogen and oxygen atoms in total. The molecule has 0 N–H and O–H groups in total. The second kappa shape index (κ2) is 6.61. The second-order valence-electron chi connectivity index (χ2n) is 6.34. The van der Waals surface area contributed by atoms with E-state index < -0.39 is 0 Å². The van der Waals surface area contributed by atoms with Gasteiger partial charge in [-0.05, 0) is 37.1 Å². The Bertz CT molecular complexity index is 943. The molecule has 4 rings (SSSR count). The van der Waals surface area contributed by atoms with E-state index in [9.17, 15) is 9.18 Å². The Balaban J connectivity index is 1.52. The molecular weight excluding hydrogens is 343 g/mol. The molecule has 1 aliphatic carbocycles. The maximum Gasteiger partial charge on any atom is 0.350 e. The summed E-state index contributed by atoms with van der Waals surface area (Å²) >= 11 is 6.16. The number of rotatable bonds is 6. The van der Waals surface area contributed by atoms with Gasteiger partial charge in [-0.2, -0.15) is 0 Å². The monoisotopic (exact) mass is 360 g/mol. The number of halogens is 2. The standard InChI is InChI=1S/C18H18ClFN4O/c19-15-4-3-5-16(20)14(15)12-22(13-7-8-13)10-11-24-18(25)23-9-2-1-6-17(23)21-24/h1-6,9,13H,7-8,10-12H2. The van der Waals surface area contributed by atoms with Gasteiger partial charge >= 0.3 is 5.69 Å². The highest BCUT2D eigenvalue weighted by Crippen LogP contribution is 2.30. The van der Waals surface area contributed by atoms with Crippen molar-refractivity contribution < 1.29 is 4.39 Å². The van der Waals surface area contributed by atoms with Gasteiger partial charge in [0.05, 0.1) is 6.54 Å². The van der Waals surface area contributed by atoms with Crippen LogP contribution in [-0.2, 0) is 13.1 Å². The predicted molar refractivity (Wildman–Crippen MR) is 94.3 cm³/mol. The zero-order valence-electron chi connectivity index (χ0n) is 13.6. The first-order valence-electron chi connectivity index (χ1n) is 8.34. The van der Waals surface area contributed by atoms with Gasteiger partial charge in [-0.3, -0.25) is 9.30 Å². The molecule has 2 aromatic heterocycles. The molecule has 25 heavy (non-hydrogen) atoms. The van der Waals surface area contributed by atoms with Gasteiger partial charge in [0, 0.05) is 35.9 Å². The molecule has 1 aliphatic rings. The molecule has 1 aromatic carbocycles. The topological polar surface area (TPSA) is 42.5 Å². The minimum Gasteiger partial charge on any atom is -0.294 e. The van der Waals surface area contributed by atoms with Crippen molar-refractivity contribution in [3.8, 4) is 0 Å². The molecule has 0 spiro atoms. The van der Waals surface area contributed by atoms with E-state index in [0.717, 1.165) is 12.8 Å². The third kappa shape index (κ3) is 3.32. The Kier molecular flexibility index (Phi) is 4.31. The maximum absolute atomic E-state index is 14.1. The Labute approximate surface area is 149 Å². The lowest BCUT2D eigenvalue weighted by Gasteiger charge is -2.22. The number of fused-ring (bicyclic) bond motifs is 1. The molecule has 7 heteroatoms. The molecule has 0 saturated heterocycles. The van der Waals surface area contributed by atoms with Gasteiger partial charge in [0.2, 0.25) is 0 Å². The summed E-state index contributed by atoms with van der Waals surface area (Å²) in [6, 6.07) is 10.6. The Hall–Kier alpha value is -2.18. The van der Waals surface area contributed by atoms with Gasteiger partial charge < -0.3 is 0 Å². The average Bonchev–Trinajstić information content (AvgIpc) is 3.40. The first-order chi connectivity index (χ1) is 12.1. The molecular formula is C18H18ClFN4O. The fourth-order valence-corrected chi connectivity index (χ4v) is 3.28. The summed E-state index contributed by atoms with van der Waals surface area (Å²) in [4.78, 5) is 14.5. The van der Waals surface area contributed by atoms with E-state index in [1.807, 2.05) is 6.07 Å². The molecule has 0 radical (unpaired) electrons. The molecule has 0 unspecified atom stereocenters. The van der Waals surface area contributed by atoms with E-state index in [1.54, 1.807) is 30.5 Å². The SMILES string of the molecule is O=c1n(CCN(Cc2c(F)cccc2Cl)C2CC2)nc2ccccn12. The quantitative estimate of drug-likeness (QED) is 0.678. The van der Waals surface area contributed by atoms with E-state index in [-0.39, 0.29) is 11.5 Å². The van der Waals surface area contributed by atoms with Gasteiger partial charge in [0.1, 0.15) is 5.82 Å². The van der Waals surface area contributed by atoms with Crippen LogP contribution in [0.4, 0.5) is 4.39 Å². The fourth-order valence-electron chi connectivity index (χ4n) is 3.05. The number of hydrogen-bond donors (Lipinski definition) is 0. The predicted octanol–water partition coefficient (Wildman–Crippen LogP) is 2.95. The molecule has 0 aliphatic heterocycles. The van der Waals surface area contributed by atoms with Crippen molar-refractivity contribution in [2.24, 2.45) is 0 Å². The highest BCUT2D eigenvalue weighted by Gasteiger charge is 2.30. The largest absolute Gasteiger partial charge is 0.350 e. The number of pyridine rings is 1. The smallest absolute Gasteiger partial charge is 0.294 e. The van der Waals surface area contributed by atoms with Crippen LogP contribution in [0.25, 0.3) is 5.65 Å². The first kappa shape index (κ1) is 16.3. The average molecular weight is 361 g/mol. The van der Waals surface area contributed by atoms with E-state index in [0.29, 0.717) is 41.9 Å². The van der Waals surface area contributed by atoms with Crippen molar-refractivity contribution in [1.82, 2.24) is 19.1 Å². The van der Waals surface area contributed by atoms with Crippen molar-refractivity contribution in [2.75, 3.05) is 6.54 Å². The number of nitrogens with zero attached hydrogens (tertiary/aromatic N) is 4. The molecule has 0 atom stereocenters. The van der Waals surface area contributed by atoms with E-state index in [1.165, 1.54) is 15.1 Å². The van der Waals surface area contributed by atoms with Crippen LogP contribution in [0.15, 0.2) is 47.4 Å². The van der Waals surface area contributed by atoms with Gasteiger partial charge in [0.25, 0.3) is 0 Å². The Morgan fingerprint density at radius 2 is 2.08 bits per heavy atom. The summed E-state index contributed by atoms with van der Waals surface area (Å²) in [6.45, 7) is 1.53. The highest BCUT2D eigenvalue weighted by atomic mass is 35.5. The first-order valence-corrected chi connectivity index (χ1v) is 8.72. The number of aromatic nitrogens is 3. The van der Waals surface area contributed by atoms with Crippen molar-refractivity contribution in [3.05, 3.63) is 69.5 Å². The van der Waals surface area contributed by atoms with Crippen LogP contribution >= 0.6 is 11.6 Å². The van der Waals surface area contributed by atoms with Crippen LogP contribution in [0.3, 0.4) is 0 Å². The van der Waals surface area contributed by atoms with Crippen LogP contribution < -0.4 is 5.69 Å². The number of benzene rings is 1. The van der Waals surface area contributed by atoms with Crippen LogP contribution in [0.1, 0.15) is 18.4 Å². The van der Waals surface area contributed by atoms with Gasteiger partial charge in [0.15, 0.2) is 5.65 Å². The lowest BCUT2D eigenvalue weighted by atomic mass is 10.2. The summed E-state index contributed by atoms with van der Waals surface area (Å²) in [5.41, 5.74) is 0.983. The minimum absolute atomic E-state index is 0.157. The van der Waals surface area contributed by atoms with Gasteiger partial charge in [-0.25, -0.2) is 13.9 Å². The van der Waals surface area contributed by atoms with Crippen LogP contribution in [0.5, 0.6) is 0 Å². The van der Waals surface area contributed by atoms with E-state index in [2.05, 4.69) is 10.00 Å². The third-order valence-electron chi connectivity index (χ3n) is 4.57. The molecule has 130 valence electrons. The summed E-state index contributed by atoms with van der Waals surface area (Å²) in [7, 11) is 0. The maximum atomic E-state index is 14.1. The Morgan fingerprint density at radius 1 is 1.24 bits per heavy atom. The third-order valence-corrected chi connectivity index (χ3v) is 4.93. The number of hydrogen-bond acceptors (Lipinski definition) is 3. The van der Waals surface area contributed by atoms with Crippen molar-refractivity contribution in [2.45, 2.75) is 32.0 Å². The molecule has 1 saturated carbocycles. The normalized spacial score (nSPS) is 14.5. The van der Waals surface area contributed by atoms with Crippen LogP contribution in [0.2, 0.25) is 5.02 Å². The Morgan fingerprint density at radius 3 is 2.80 bits per heavy atom.